The zero-order valence-electron chi connectivity index (χ0n) is 9.82. The summed E-state index contributed by atoms with van der Waals surface area (Å²) in [7, 11) is 1.94. The lowest BCUT2D eigenvalue weighted by atomic mass is 10.2. The van der Waals surface area contributed by atoms with Gasteiger partial charge in [-0.05, 0) is 57.1 Å². The van der Waals surface area contributed by atoms with Crippen molar-refractivity contribution in [1.82, 2.24) is 5.32 Å². The summed E-state index contributed by atoms with van der Waals surface area (Å²) in [5, 5.41) is 3.28. The van der Waals surface area contributed by atoms with Gasteiger partial charge in [-0.3, -0.25) is 0 Å². The van der Waals surface area contributed by atoms with Gasteiger partial charge in [-0.15, -0.1) is 11.8 Å². The Bertz CT molecular complexity index is 515. The Morgan fingerprint density at radius 1 is 1.22 bits per heavy atom. The molecule has 1 atom stereocenters. The van der Waals surface area contributed by atoms with Crippen molar-refractivity contribution in [1.29, 1.82) is 0 Å². The molecule has 1 N–H and O–H groups in total. The van der Waals surface area contributed by atoms with E-state index >= 15 is 0 Å². The maximum Gasteiger partial charge on any atom is 0.135 e. The van der Waals surface area contributed by atoms with Crippen LogP contribution in [0.5, 0.6) is 0 Å². The topological polar surface area (TPSA) is 25.2 Å². The highest BCUT2D eigenvalue weighted by Gasteiger charge is 2.16. The minimum absolute atomic E-state index is 0.187. The van der Waals surface area contributed by atoms with E-state index in [1.807, 2.05) is 25.2 Å². The number of hydrogen-bond acceptors (Lipinski definition) is 3. The first-order valence-electron chi connectivity index (χ1n) is 5.50. The van der Waals surface area contributed by atoms with Gasteiger partial charge in [0.25, 0.3) is 0 Å². The number of benzene rings is 1. The lowest BCUT2D eigenvalue weighted by molar-refractivity contribution is 0.450. The first-order valence-corrected chi connectivity index (χ1v) is 8.07. The summed E-state index contributed by atoms with van der Waals surface area (Å²) in [5.74, 6) is 1.85. The predicted octanol–water partition coefficient (Wildman–Crippen LogP) is 4.86. The Hall–Kier alpha value is -0.230. The molecule has 2 aromatic rings. The molecule has 1 heterocycles. The van der Waals surface area contributed by atoms with E-state index in [4.69, 9.17) is 4.42 Å². The zero-order chi connectivity index (χ0) is 13.0. The van der Waals surface area contributed by atoms with Crippen molar-refractivity contribution < 1.29 is 4.42 Å². The van der Waals surface area contributed by atoms with Crippen molar-refractivity contribution in [2.24, 2.45) is 0 Å². The van der Waals surface area contributed by atoms with E-state index in [9.17, 15) is 0 Å². The van der Waals surface area contributed by atoms with Gasteiger partial charge in [0.2, 0.25) is 0 Å². The van der Waals surface area contributed by atoms with E-state index < -0.39 is 0 Å². The largest absolute Gasteiger partial charge is 0.466 e. The minimum atomic E-state index is 0.187. The van der Waals surface area contributed by atoms with Crippen LogP contribution in [0.15, 0.2) is 54.9 Å². The van der Waals surface area contributed by atoms with Crippen LogP contribution in [-0.4, -0.2) is 12.8 Å². The molecule has 18 heavy (non-hydrogen) atoms. The van der Waals surface area contributed by atoms with Crippen LogP contribution in [0.1, 0.15) is 11.8 Å². The maximum absolute atomic E-state index is 5.50. The highest BCUT2D eigenvalue weighted by atomic mass is 79.9. The number of furan rings is 1. The number of nitrogens with one attached hydrogen (secondary N) is 1. The molecule has 0 aliphatic rings. The summed E-state index contributed by atoms with van der Waals surface area (Å²) < 4.78 is 7.64. The van der Waals surface area contributed by atoms with Crippen LogP contribution < -0.4 is 5.32 Å². The molecule has 0 saturated heterocycles. The average Bonchev–Trinajstić information content (AvgIpc) is 2.79. The van der Waals surface area contributed by atoms with Crippen molar-refractivity contribution >= 4 is 43.6 Å². The molecule has 96 valence electrons. The second-order valence-electron chi connectivity index (χ2n) is 3.72. The fraction of sp³-hybridized carbons (Fsp3) is 0.231. The van der Waals surface area contributed by atoms with Crippen molar-refractivity contribution in [2.75, 3.05) is 12.8 Å². The van der Waals surface area contributed by atoms with E-state index in [1.165, 1.54) is 4.90 Å². The van der Waals surface area contributed by atoms with Crippen LogP contribution in [0, 0.1) is 0 Å². The normalized spacial score (nSPS) is 12.6. The van der Waals surface area contributed by atoms with Crippen molar-refractivity contribution in [3.05, 3.63) is 51.3 Å². The molecule has 0 bridgehead atoms. The third kappa shape index (κ3) is 3.41. The molecule has 1 aromatic carbocycles. The van der Waals surface area contributed by atoms with Crippen LogP contribution in [0.4, 0.5) is 0 Å². The minimum Gasteiger partial charge on any atom is -0.466 e. The highest BCUT2D eigenvalue weighted by molar-refractivity contribution is 9.10. The second kappa shape index (κ2) is 6.80. The Balaban J connectivity index is 2.05. The van der Waals surface area contributed by atoms with Gasteiger partial charge in [-0.2, -0.15) is 0 Å². The smallest absolute Gasteiger partial charge is 0.135 e. The first kappa shape index (κ1) is 14.2. The first-order chi connectivity index (χ1) is 8.72. The van der Waals surface area contributed by atoms with Gasteiger partial charge < -0.3 is 9.73 Å². The fourth-order valence-electron chi connectivity index (χ4n) is 1.58. The Morgan fingerprint density at radius 2 is 2.00 bits per heavy atom. The Morgan fingerprint density at radius 3 is 2.61 bits per heavy atom. The molecular formula is C13H13Br2NOS. The van der Waals surface area contributed by atoms with Crippen LogP contribution in [0.2, 0.25) is 0 Å². The van der Waals surface area contributed by atoms with E-state index in [0.29, 0.717) is 0 Å². The molecule has 0 amide bonds. The second-order valence-corrected chi connectivity index (χ2v) is 6.49. The van der Waals surface area contributed by atoms with Crippen LogP contribution in [0.3, 0.4) is 0 Å². The van der Waals surface area contributed by atoms with Gasteiger partial charge in [0, 0.05) is 15.1 Å². The van der Waals surface area contributed by atoms with E-state index in [2.05, 4.69) is 49.3 Å². The predicted molar refractivity (Wildman–Crippen MR) is 83.1 cm³/mol. The van der Waals surface area contributed by atoms with Crippen LogP contribution in [0.25, 0.3) is 0 Å². The summed E-state index contributed by atoms with van der Waals surface area (Å²) in [5.41, 5.74) is 0. The standard InChI is InChI=1S/C13H13Br2NOS/c1-16-11(13-10(15)6-7-17-13)8-18-12-5-3-2-4-9(12)14/h2-7,11,16H,8H2,1H3. The summed E-state index contributed by atoms with van der Waals surface area (Å²) in [6.45, 7) is 0. The number of rotatable bonds is 5. The van der Waals surface area contributed by atoms with E-state index in [1.54, 1.807) is 18.0 Å². The number of halogens is 2. The molecule has 2 rings (SSSR count). The van der Waals surface area contributed by atoms with Gasteiger partial charge in [0.1, 0.15) is 5.76 Å². The summed E-state index contributed by atoms with van der Waals surface area (Å²) in [6.07, 6.45) is 1.70. The van der Waals surface area contributed by atoms with Gasteiger partial charge in [-0.1, -0.05) is 12.1 Å². The molecular weight excluding hydrogens is 378 g/mol. The quantitative estimate of drug-likeness (QED) is 0.738. The van der Waals surface area contributed by atoms with Crippen LogP contribution >= 0.6 is 43.6 Å². The summed E-state index contributed by atoms with van der Waals surface area (Å²) >= 11 is 8.85. The lowest BCUT2D eigenvalue weighted by Crippen LogP contribution is -2.18. The fourth-order valence-corrected chi connectivity index (χ4v) is 3.73. The maximum atomic E-state index is 5.50. The van der Waals surface area contributed by atoms with Crippen molar-refractivity contribution in [3.8, 4) is 0 Å². The molecule has 2 nitrogen and oxygen atoms in total. The molecule has 0 spiro atoms. The van der Waals surface area contributed by atoms with Gasteiger partial charge >= 0.3 is 0 Å². The van der Waals surface area contributed by atoms with E-state index in [-0.39, 0.29) is 6.04 Å². The molecule has 0 saturated carbocycles. The van der Waals surface area contributed by atoms with Crippen molar-refractivity contribution in [3.63, 3.8) is 0 Å². The molecule has 0 aliphatic carbocycles. The molecule has 0 radical (unpaired) electrons. The average molecular weight is 391 g/mol. The zero-order valence-corrected chi connectivity index (χ0v) is 13.8. The molecule has 0 aliphatic heterocycles. The third-order valence-electron chi connectivity index (χ3n) is 2.55. The number of thioether (sulfide) groups is 1. The highest BCUT2D eigenvalue weighted by Crippen LogP contribution is 2.32. The van der Waals surface area contributed by atoms with Crippen molar-refractivity contribution in [2.45, 2.75) is 10.9 Å². The van der Waals surface area contributed by atoms with Crippen LogP contribution in [-0.2, 0) is 0 Å². The van der Waals surface area contributed by atoms with Gasteiger partial charge in [0.05, 0.1) is 16.8 Å². The Labute approximate surface area is 128 Å². The molecule has 1 aromatic heterocycles. The monoisotopic (exact) mass is 389 g/mol. The lowest BCUT2D eigenvalue weighted by Gasteiger charge is -2.14. The summed E-state index contributed by atoms with van der Waals surface area (Å²) in [6, 6.07) is 10.3. The van der Waals surface area contributed by atoms with Gasteiger partial charge in [0.15, 0.2) is 0 Å². The van der Waals surface area contributed by atoms with E-state index in [0.717, 1.165) is 20.5 Å². The number of hydrogen-bond donors (Lipinski definition) is 1. The summed E-state index contributed by atoms with van der Waals surface area (Å²) in [4.78, 5) is 1.24. The third-order valence-corrected chi connectivity index (χ3v) is 5.33. The van der Waals surface area contributed by atoms with Gasteiger partial charge in [-0.25, -0.2) is 0 Å². The SMILES string of the molecule is CNC(CSc1ccccc1Br)c1occc1Br. The Kier molecular flexibility index (Phi) is 5.36. The molecule has 1 unspecified atom stereocenters. The molecule has 0 fully saturated rings. The molecule has 5 heteroatoms.